The maximum Gasteiger partial charge on any atom is 0.263 e. The largest absolute Gasteiger partial charge is 0.356 e. The van der Waals surface area contributed by atoms with Gasteiger partial charge in [0.1, 0.15) is 17.5 Å². The average molecular weight is 287 g/mol. The fourth-order valence-electron chi connectivity index (χ4n) is 3.77. The van der Waals surface area contributed by atoms with Crippen LogP contribution in [0.2, 0.25) is 0 Å². The van der Waals surface area contributed by atoms with Crippen molar-refractivity contribution in [3.05, 3.63) is 12.0 Å². The minimum absolute atomic E-state index is 0.595. The van der Waals surface area contributed by atoms with Gasteiger partial charge in [0, 0.05) is 19.1 Å². The summed E-state index contributed by atoms with van der Waals surface area (Å²) in [5.41, 5.74) is 1.47. The van der Waals surface area contributed by atoms with Gasteiger partial charge in [0.2, 0.25) is 0 Å². The summed E-state index contributed by atoms with van der Waals surface area (Å²) >= 11 is 0. The molecule has 0 spiro atoms. The molecule has 2 aliphatic heterocycles. The number of piperidine rings is 1. The Morgan fingerprint density at radius 2 is 2.10 bits per heavy atom. The zero-order valence-corrected chi connectivity index (χ0v) is 12.4. The van der Waals surface area contributed by atoms with E-state index in [2.05, 4.69) is 25.3 Å². The second kappa shape index (κ2) is 5.26. The molecular weight excluding hydrogens is 266 g/mol. The summed E-state index contributed by atoms with van der Waals surface area (Å²) in [7, 11) is 0. The Bertz CT molecular complexity index is 626. The van der Waals surface area contributed by atoms with Gasteiger partial charge < -0.3 is 14.7 Å². The molecule has 2 aromatic heterocycles. The van der Waals surface area contributed by atoms with E-state index in [-0.39, 0.29) is 0 Å². The third kappa shape index (κ3) is 2.27. The fourth-order valence-corrected chi connectivity index (χ4v) is 3.77. The first-order valence-electron chi connectivity index (χ1n) is 7.88. The van der Waals surface area contributed by atoms with Crippen molar-refractivity contribution in [2.24, 2.45) is 5.92 Å². The number of rotatable bonds is 2. The third-order valence-electron chi connectivity index (χ3n) is 4.93. The molecule has 1 N–H and O–H groups in total. The van der Waals surface area contributed by atoms with Gasteiger partial charge >= 0.3 is 0 Å². The summed E-state index contributed by atoms with van der Waals surface area (Å²) in [5.74, 6) is 1.79. The topological polar surface area (TPSA) is 67.1 Å². The van der Waals surface area contributed by atoms with Crippen LogP contribution in [0.15, 0.2) is 10.9 Å². The Labute approximate surface area is 123 Å². The summed E-state index contributed by atoms with van der Waals surface area (Å²) in [5, 5.41) is 8.63. The minimum atomic E-state index is 0.595. The van der Waals surface area contributed by atoms with Gasteiger partial charge in [-0.2, -0.15) is 4.98 Å². The lowest BCUT2D eigenvalue weighted by Gasteiger charge is -2.35. The quantitative estimate of drug-likeness (QED) is 0.910. The van der Waals surface area contributed by atoms with Gasteiger partial charge in [-0.3, -0.25) is 0 Å². The van der Waals surface area contributed by atoms with E-state index in [4.69, 9.17) is 4.52 Å². The molecule has 2 fully saturated rings. The normalized spacial score (nSPS) is 24.0. The van der Waals surface area contributed by atoms with Gasteiger partial charge in [-0.15, -0.1) is 0 Å². The van der Waals surface area contributed by atoms with Crippen molar-refractivity contribution in [2.75, 3.05) is 24.5 Å². The van der Waals surface area contributed by atoms with E-state index in [9.17, 15) is 0 Å². The first-order valence-corrected chi connectivity index (χ1v) is 7.88. The van der Waals surface area contributed by atoms with Crippen molar-refractivity contribution in [2.45, 2.75) is 38.6 Å². The maximum atomic E-state index is 5.24. The predicted octanol–water partition coefficient (Wildman–Crippen LogP) is 1.89. The van der Waals surface area contributed by atoms with Crippen molar-refractivity contribution >= 4 is 16.9 Å². The van der Waals surface area contributed by atoms with E-state index in [1.54, 1.807) is 6.33 Å². The van der Waals surface area contributed by atoms with Gasteiger partial charge in [-0.1, -0.05) is 5.16 Å². The van der Waals surface area contributed by atoms with Gasteiger partial charge in [0.15, 0.2) is 0 Å². The molecule has 112 valence electrons. The lowest BCUT2D eigenvalue weighted by atomic mass is 9.88. The van der Waals surface area contributed by atoms with Crippen molar-refractivity contribution in [1.82, 2.24) is 20.4 Å². The Morgan fingerprint density at radius 3 is 2.86 bits per heavy atom. The van der Waals surface area contributed by atoms with Crippen LogP contribution in [0.4, 0.5) is 5.82 Å². The molecule has 6 nitrogen and oxygen atoms in total. The first kappa shape index (κ1) is 13.0. The lowest BCUT2D eigenvalue weighted by molar-refractivity contribution is 0.318. The summed E-state index contributed by atoms with van der Waals surface area (Å²) in [6.07, 6.45) is 6.71. The number of nitrogens with one attached hydrogen (secondary N) is 1. The molecule has 0 radical (unpaired) electrons. The highest BCUT2D eigenvalue weighted by atomic mass is 16.5. The standard InChI is InChI=1S/C15H21N5O/c1-10-13-14(17-9-18-15(13)21-19-10)20-7-4-11(5-8-20)12-3-2-6-16-12/h9,11-12,16H,2-8H2,1H3. The van der Waals surface area contributed by atoms with Crippen LogP contribution >= 0.6 is 0 Å². The summed E-state index contributed by atoms with van der Waals surface area (Å²) in [6.45, 7) is 5.25. The van der Waals surface area contributed by atoms with Crippen LogP contribution in [-0.4, -0.2) is 40.8 Å². The number of aromatic nitrogens is 3. The van der Waals surface area contributed by atoms with E-state index in [1.807, 2.05) is 6.92 Å². The number of nitrogens with zero attached hydrogens (tertiary/aromatic N) is 4. The fraction of sp³-hybridized carbons (Fsp3) is 0.667. The Kier molecular flexibility index (Phi) is 3.25. The minimum Gasteiger partial charge on any atom is -0.356 e. The molecule has 4 rings (SSSR count). The zero-order valence-electron chi connectivity index (χ0n) is 12.4. The summed E-state index contributed by atoms with van der Waals surface area (Å²) in [6, 6.07) is 0.731. The molecule has 2 saturated heterocycles. The van der Waals surface area contributed by atoms with E-state index in [1.165, 1.54) is 32.2 Å². The molecule has 21 heavy (non-hydrogen) atoms. The van der Waals surface area contributed by atoms with E-state index < -0.39 is 0 Å². The van der Waals surface area contributed by atoms with E-state index >= 15 is 0 Å². The number of hydrogen-bond acceptors (Lipinski definition) is 6. The first-order chi connectivity index (χ1) is 10.3. The number of fused-ring (bicyclic) bond motifs is 1. The highest BCUT2D eigenvalue weighted by Gasteiger charge is 2.29. The molecule has 0 aromatic carbocycles. The molecule has 4 heterocycles. The van der Waals surface area contributed by atoms with Crippen LogP contribution in [-0.2, 0) is 0 Å². The highest BCUT2D eigenvalue weighted by molar-refractivity contribution is 5.87. The monoisotopic (exact) mass is 287 g/mol. The van der Waals surface area contributed by atoms with Crippen molar-refractivity contribution < 1.29 is 4.52 Å². The smallest absolute Gasteiger partial charge is 0.263 e. The number of hydrogen-bond donors (Lipinski definition) is 1. The van der Waals surface area contributed by atoms with Crippen molar-refractivity contribution in [3.63, 3.8) is 0 Å². The predicted molar refractivity (Wildman–Crippen MR) is 80.3 cm³/mol. The molecule has 2 aromatic rings. The molecule has 1 unspecified atom stereocenters. The summed E-state index contributed by atoms with van der Waals surface area (Å²) < 4.78 is 5.24. The van der Waals surface area contributed by atoms with Gasteiger partial charge in [-0.25, -0.2) is 4.98 Å². The lowest BCUT2D eigenvalue weighted by Crippen LogP contribution is -2.41. The number of anilines is 1. The molecule has 6 heteroatoms. The van der Waals surface area contributed by atoms with E-state index in [0.29, 0.717) is 5.71 Å². The SMILES string of the molecule is Cc1noc2ncnc(N3CCC(C4CCCN4)CC3)c12. The molecule has 0 aliphatic carbocycles. The number of aryl methyl sites for hydroxylation is 1. The molecule has 0 saturated carbocycles. The van der Waals surface area contributed by atoms with Crippen LogP contribution in [0.5, 0.6) is 0 Å². The van der Waals surface area contributed by atoms with Crippen LogP contribution < -0.4 is 10.2 Å². The van der Waals surface area contributed by atoms with Gasteiger partial charge in [0.05, 0.1) is 5.69 Å². The third-order valence-corrected chi connectivity index (χ3v) is 4.93. The molecule has 0 bridgehead atoms. The Balaban J connectivity index is 1.53. The molecule has 1 atom stereocenters. The van der Waals surface area contributed by atoms with Gasteiger partial charge in [0.25, 0.3) is 5.71 Å². The maximum absolute atomic E-state index is 5.24. The Morgan fingerprint density at radius 1 is 1.24 bits per heavy atom. The van der Waals surface area contributed by atoms with E-state index in [0.717, 1.165) is 41.9 Å². The highest BCUT2D eigenvalue weighted by Crippen LogP contribution is 2.31. The van der Waals surface area contributed by atoms with Crippen LogP contribution in [0.25, 0.3) is 11.1 Å². The Hall–Kier alpha value is -1.69. The van der Waals surface area contributed by atoms with Gasteiger partial charge in [-0.05, 0) is 45.1 Å². The molecule has 0 amide bonds. The molecular formula is C15H21N5O. The second-order valence-corrected chi connectivity index (χ2v) is 6.17. The van der Waals surface area contributed by atoms with Crippen molar-refractivity contribution in [1.29, 1.82) is 0 Å². The molecule has 2 aliphatic rings. The average Bonchev–Trinajstić information content (AvgIpc) is 3.18. The van der Waals surface area contributed by atoms with Crippen LogP contribution in [0, 0.1) is 12.8 Å². The van der Waals surface area contributed by atoms with Crippen LogP contribution in [0.1, 0.15) is 31.4 Å². The second-order valence-electron chi connectivity index (χ2n) is 6.17. The van der Waals surface area contributed by atoms with Crippen molar-refractivity contribution in [3.8, 4) is 0 Å². The zero-order chi connectivity index (χ0) is 14.2. The summed E-state index contributed by atoms with van der Waals surface area (Å²) in [4.78, 5) is 11.0. The van der Waals surface area contributed by atoms with Crippen LogP contribution in [0.3, 0.4) is 0 Å².